The monoisotopic (exact) mass is 570 g/mol. The maximum atomic E-state index is 13.0. The summed E-state index contributed by atoms with van der Waals surface area (Å²) >= 11 is 0. The predicted octanol–water partition coefficient (Wildman–Crippen LogP) is 5.56. The molecule has 2 saturated heterocycles. The number of carbonyl (C=O) groups excluding carboxylic acids is 1. The highest BCUT2D eigenvalue weighted by Crippen LogP contribution is 2.72. The first-order chi connectivity index (χ1) is 19.1. The van der Waals surface area contributed by atoms with Gasteiger partial charge in [0.2, 0.25) is 0 Å². The summed E-state index contributed by atoms with van der Waals surface area (Å²) in [6.07, 6.45) is 9.29. The molecule has 0 amide bonds. The zero-order valence-electron chi connectivity index (χ0n) is 26.2. The van der Waals surface area contributed by atoms with Gasteiger partial charge in [0, 0.05) is 11.8 Å². The number of fused-ring (bicyclic) bond motifs is 8. The van der Waals surface area contributed by atoms with Crippen molar-refractivity contribution in [2.75, 3.05) is 0 Å². The van der Waals surface area contributed by atoms with Gasteiger partial charge in [-0.3, -0.25) is 4.79 Å². The van der Waals surface area contributed by atoms with Gasteiger partial charge in [-0.1, -0.05) is 53.2 Å². The van der Waals surface area contributed by atoms with Crippen molar-refractivity contribution in [2.24, 2.45) is 50.7 Å². The molecule has 0 aromatic rings. The van der Waals surface area contributed by atoms with Crippen LogP contribution >= 0.6 is 0 Å². The first kappa shape index (κ1) is 29.0. The molecule has 6 heteroatoms. The summed E-state index contributed by atoms with van der Waals surface area (Å²) in [4.78, 5) is 13.0. The van der Waals surface area contributed by atoms with Gasteiger partial charge in [-0.05, 0) is 110 Å². The van der Waals surface area contributed by atoms with E-state index in [9.17, 15) is 20.1 Å². The Hall–Kier alpha value is -0.790. The third-order valence-corrected chi connectivity index (χ3v) is 14.5. The van der Waals surface area contributed by atoms with Crippen molar-refractivity contribution in [1.29, 1.82) is 0 Å². The molecule has 7 rings (SSSR count). The second-order valence-corrected chi connectivity index (χ2v) is 17.4. The Bertz CT molecular complexity index is 1130. The number of allylic oxidation sites excluding steroid dienone is 2. The fraction of sp³-hybridized carbons (Fsp3) is 0.914. The standard InChI is InChI=1S/C35H54O6/c1-31(2)15-16-35(18-22(36)28-26(38)27(39)29-30(40-28)41-29)14-9-20-19(21(35)17-31)7-8-24-33(20,5)12-10-23-32(3,4)25(37)11-13-34(23,24)6/h7,20-24,26-30,36,38-39H,8-18H2,1-6H3/t20?,21?,22?,23?,24?,26-,27?,28-,29+,30?,33-,34-,35-/m0/s1. The summed E-state index contributed by atoms with van der Waals surface area (Å²) in [6, 6.07) is 0. The molecule has 2 aliphatic heterocycles. The van der Waals surface area contributed by atoms with Crippen LogP contribution in [0.15, 0.2) is 11.6 Å². The Morgan fingerprint density at radius 1 is 0.878 bits per heavy atom. The van der Waals surface area contributed by atoms with Crippen LogP contribution in [0.2, 0.25) is 0 Å². The van der Waals surface area contributed by atoms with E-state index in [2.05, 4.69) is 47.6 Å². The lowest BCUT2D eigenvalue weighted by molar-refractivity contribution is -0.183. The Kier molecular flexibility index (Phi) is 6.44. The SMILES string of the molecule is CC1(C)CC[C@]2(CC(O)[C@@H]3OC4O[C@@H]4C(O)[C@@H]3O)CCC3C(=CCC4[C@@]3(C)CCC3C(C)(C)C(=O)CC[C@@]34C)C2C1. The molecule has 7 aliphatic rings. The summed E-state index contributed by atoms with van der Waals surface area (Å²) in [7, 11) is 0. The minimum Gasteiger partial charge on any atom is -0.390 e. The van der Waals surface area contributed by atoms with Crippen LogP contribution in [-0.4, -0.2) is 57.9 Å². The second-order valence-electron chi connectivity index (χ2n) is 17.4. The zero-order valence-corrected chi connectivity index (χ0v) is 26.2. The Labute approximate surface area is 246 Å². The lowest BCUT2D eigenvalue weighted by atomic mass is 9.37. The molecule has 230 valence electrons. The van der Waals surface area contributed by atoms with Gasteiger partial charge in [0.05, 0.1) is 6.10 Å². The van der Waals surface area contributed by atoms with Crippen LogP contribution in [0.3, 0.4) is 0 Å². The molecule has 6 nitrogen and oxygen atoms in total. The number of epoxide rings is 1. The highest BCUT2D eigenvalue weighted by atomic mass is 16.8. The molecule has 5 aliphatic carbocycles. The zero-order chi connectivity index (χ0) is 29.3. The third-order valence-electron chi connectivity index (χ3n) is 14.5. The lowest BCUT2D eigenvalue weighted by Gasteiger charge is -2.67. The Morgan fingerprint density at radius 3 is 2.39 bits per heavy atom. The largest absolute Gasteiger partial charge is 0.390 e. The highest BCUT2D eigenvalue weighted by molar-refractivity contribution is 5.85. The van der Waals surface area contributed by atoms with Crippen LogP contribution in [0.4, 0.5) is 0 Å². The summed E-state index contributed by atoms with van der Waals surface area (Å²) in [5.74, 6) is 2.50. The van der Waals surface area contributed by atoms with Crippen LogP contribution in [-0.2, 0) is 14.3 Å². The maximum Gasteiger partial charge on any atom is 0.187 e. The van der Waals surface area contributed by atoms with Crippen molar-refractivity contribution in [3.05, 3.63) is 11.6 Å². The van der Waals surface area contributed by atoms with Crippen LogP contribution in [0.5, 0.6) is 0 Å². The number of ether oxygens (including phenoxy) is 2. The molecule has 0 radical (unpaired) electrons. The van der Waals surface area contributed by atoms with Gasteiger partial charge in [-0.2, -0.15) is 0 Å². The number of ketones is 1. The van der Waals surface area contributed by atoms with E-state index in [0.717, 1.165) is 57.8 Å². The van der Waals surface area contributed by atoms with Gasteiger partial charge < -0.3 is 24.8 Å². The second kappa shape index (κ2) is 9.12. The first-order valence-corrected chi connectivity index (χ1v) is 16.7. The number of hydrogen-bond acceptors (Lipinski definition) is 6. The predicted molar refractivity (Wildman–Crippen MR) is 156 cm³/mol. The van der Waals surface area contributed by atoms with Gasteiger partial charge in [0.25, 0.3) is 0 Å². The molecule has 2 heterocycles. The van der Waals surface area contributed by atoms with Crippen molar-refractivity contribution in [3.8, 4) is 0 Å². The molecule has 0 aromatic heterocycles. The quantitative estimate of drug-likeness (QED) is 0.303. The molecule has 4 saturated carbocycles. The van der Waals surface area contributed by atoms with Crippen molar-refractivity contribution in [3.63, 3.8) is 0 Å². The molecule has 6 fully saturated rings. The van der Waals surface area contributed by atoms with E-state index >= 15 is 0 Å². The molecule has 0 aromatic carbocycles. The molecular weight excluding hydrogens is 516 g/mol. The summed E-state index contributed by atoms with van der Waals surface area (Å²) in [5.41, 5.74) is 2.09. The van der Waals surface area contributed by atoms with Gasteiger partial charge >= 0.3 is 0 Å². The normalized spacial score (nSPS) is 53.9. The van der Waals surface area contributed by atoms with Gasteiger partial charge in [-0.25, -0.2) is 0 Å². The molecule has 0 bridgehead atoms. The van der Waals surface area contributed by atoms with Crippen LogP contribution in [0.25, 0.3) is 0 Å². The first-order valence-electron chi connectivity index (χ1n) is 16.7. The number of hydrogen-bond donors (Lipinski definition) is 3. The third kappa shape index (κ3) is 4.09. The van der Waals surface area contributed by atoms with Crippen LogP contribution in [0.1, 0.15) is 112 Å². The molecule has 3 N–H and O–H groups in total. The van der Waals surface area contributed by atoms with Gasteiger partial charge in [0.15, 0.2) is 6.29 Å². The topological polar surface area (TPSA) is 99.5 Å². The van der Waals surface area contributed by atoms with E-state index in [1.54, 1.807) is 5.57 Å². The molecule has 13 atom stereocenters. The number of Topliss-reactive ketones (excluding diaryl/α,β-unsaturated/α-hetero) is 1. The maximum absolute atomic E-state index is 13.0. The highest BCUT2D eigenvalue weighted by Gasteiger charge is 2.65. The fourth-order valence-electron chi connectivity index (χ4n) is 12.1. The minimum absolute atomic E-state index is 0.0177. The fourth-order valence-corrected chi connectivity index (χ4v) is 12.1. The van der Waals surface area contributed by atoms with Gasteiger partial charge in [-0.15, -0.1) is 0 Å². The van der Waals surface area contributed by atoms with Crippen LogP contribution < -0.4 is 0 Å². The smallest absolute Gasteiger partial charge is 0.187 e. The van der Waals surface area contributed by atoms with Crippen molar-refractivity contribution in [2.45, 2.75) is 149 Å². The lowest BCUT2D eigenvalue weighted by Crippen LogP contribution is -2.61. The average Bonchev–Trinajstić information content (AvgIpc) is 3.68. The van der Waals surface area contributed by atoms with Gasteiger partial charge in [0.1, 0.15) is 30.2 Å². The van der Waals surface area contributed by atoms with E-state index in [1.165, 1.54) is 6.42 Å². The van der Waals surface area contributed by atoms with E-state index in [4.69, 9.17) is 9.47 Å². The number of carbonyl (C=O) groups is 1. The Morgan fingerprint density at radius 2 is 1.63 bits per heavy atom. The van der Waals surface area contributed by atoms with E-state index in [0.29, 0.717) is 35.9 Å². The van der Waals surface area contributed by atoms with E-state index in [-0.39, 0.29) is 27.1 Å². The van der Waals surface area contributed by atoms with Crippen LogP contribution in [0, 0.1) is 50.7 Å². The molecular formula is C35H54O6. The average molecular weight is 571 g/mol. The molecule has 41 heavy (non-hydrogen) atoms. The summed E-state index contributed by atoms with van der Waals surface area (Å²) in [6.45, 7) is 14.4. The van der Waals surface area contributed by atoms with E-state index in [1.807, 2.05) is 0 Å². The summed E-state index contributed by atoms with van der Waals surface area (Å²) in [5, 5.41) is 32.8. The van der Waals surface area contributed by atoms with E-state index < -0.39 is 36.8 Å². The molecule has 7 unspecified atom stereocenters. The summed E-state index contributed by atoms with van der Waals surface area (Å²) < 4.78 is 11.3. The number of aliphatic hydroxyl groups excluding tert-OH is 3. The van der Waals surface area contributed by atoms with Crippen molar-refractivity contribution >= 4 is 5.78 Å². The minimum atomic E-state index is -1.13. The van der Waals surface area contributed by atoms with Crippen molar-refractivity contribution < 1.29 is 29.6 Å². The number of rotatable bonds is 3. The molecule has 0 spiro atoms. The van der Waals surface area contributed by atoms with Crippen molar-refractivity contribution in [1.82, 2.24) is 0 Å². The Balaban J connectivity index is 1.20. The number of aliphatic hydroxyl groups is 3.